The molecule has 2 heterocycles. The molecule has 1 aliphatic carbocycles. The van der Waals surface area contributed by atoms with Gasteiger partial charge in [-0.25, -0.2) is 0 Å². The van der Waals surface area contributed by atoms with Gasteiger partial charge in [0, 0.05) is 10.6 Å². The van der Waals surface area contributed by atoms with Crippen LogP contribution in [0.3, 0.4) is 0 Å². The zero-order valence-electron chi connectivity index (χ0n) is 12.8. The van der Waals surface area contributed by atoms with Crippen molar-refractivity contribution in [2.75, 3.05) is 4.90 Å². The summed E-state index contributed by atoms with van der Waals surface area (Å²) < 4.78 is 0. The highest BCUT2D eigenvalue weighted by Crippen LogP contribution is 2.56. The summed E-state index contributed by atoms with van der Waals surface area (Å²) in [7, 11) is 0. The smallest absolute Gasteiger partial charge is 0.234 e. The molecule has 0 aromatic heterocycles. The molecule has 0 N–H and O–H groups in total. The summed E-state index contributed by atoms with van der Waals surface area (Å²) in [5.41, 5.74) is 3.72. The number of anilines is 1. The molecule has 4 rings (SSSR count). The molecule has 21 heavy (non-hydrogen) atoms. The van der Waals surface area contributed by atoms with Gasteiger partial charge in [0.25, 0.3) is 0 Å². The van der Waals surface area contributed by atoms with E-state index in [1.165, 1.54) is 30.5 Å². The fraction of sp³-hybridized carbons (Fsp3) is 0.611. The van der Waals surface area contributed by atoms with E-state index in [0.29, 0.717) is 11.8 Å². The van der Waals surface area contributed by atoms with Crippen molar-refractivity contribution in [1.82, 2.24) is 0 Å². The summed E-state index contributed by atoms with van der Waals surface area (Å²) >= 11 is 6.30. The second kappa shape index (κ2) is 4.49. The van der Waals surface area contributed by atoms with Gasteiger partial charge >= 0.3 is 0 Å². The van der Waals surface area contributed by atoms with E-state index in [-0.39, 0.29) is 11.5 Å². The molecular weight excluding hydrogens is 282 g/mol. The number of nitrogens with zero attached hydrogens (tertiary/aromatic N) is 1. The molecule has 112 valence electrons. The molecule has 0 radical (unpaired) electrons. The molecule has 1 fully saturated rings. The zero-order chi connectivity index (χ0) is 14.8. The number of halogens is 1. The Bertz CT molecular complexity index is 618. The van der Waals surface area contributed by atoms with Gasteiger partial charge < -0.3 is 4.90 Å². The molecular formula is C18H22ClNO. The molecule has 2 nitrogen and oxygen atoms in total. The highest BCUT2D eigenvalue weighted by molar-refractivity contribution is 6.31. The Morgan fingerprint density at radius 2 is 1.81 bits per heavy atom. The van der Waals surface area contributed by atoms with Crippen molar-refractivity contribution in [3.63, 3.8) is 0 Å². The van der Waals surface area contributed by atoms with Crippen LogP contribution in [0.5, 0.6) is 0 Å². The van der Waals surface area contributed by atoms with Crippen molar-refractivity contribution >= 4 is 23.2 Å². The maximum atomic E-state index is 13.0. The minimum Gasteiger partial charge on any atom is -0.305 e. The van der Waals surface area contributed by atoms with Gasteiger partial charge in [0.15, 0.2) is 0 Å². The zero-order valence-corrected chi connectivity index (χ0v) is 13.5. The maximum absolute atomic E-state index is 13.0. The fourth-order valence-corrected chi connectivity index (χ4v) is 5.16. The van der Waals surface area contributed by atoms with Gasteiger partial charge in [0.1, 0.15) is 0 Å². The minimum atomic E-state index is -0.0402. The van der Waals surface area contributed by atoms with Gasteiger partial charge in [-0.1, -0.05) is 37.8 Å². The second-order valence-electron chi connectivity index (χ2n) is 7.22. The third-order valence-corrected chi connectivity index (χ3v) is 6.11. The topological polar surface area (TPSA) is 20.3 Å². The van der Waals surface area contributed by atoms with E-state index in [9.17, 15) is 4.79 Å². The first-order valence-electron chi connectivity index (χ1n) is 8.21. The molecule has 2 aliphatic heterocycles. The lowest BCUT2D eigenvalue weighted by molar-refractivity contribution is -0.120. The van der Waals surface area contributed by atoms with Crippen LogP contribution in [0.15, 0.2) is 12.1 Å². The summed E-state index contributed by atoms with van der Waals surface area (Å²) in [5.74, 6) is 0.744. The first kappa shape index (κ1) is 13.6. The lowest BCUT2D eigenvalue weighted by atomic mass is 9.70. The molecule has 1 spiro atoms. The van der Waals surface area contributed by atoms with Crippen molar-refractivity contribution < 1.29 is 4.79 Å². The van der Waals surface area contributed by atoms with Crippen LogP contribution < -0.4 is 4.90 Å². The molecule has 1 aromatic carbocycles. The number of benzene rings is 1. The van der Waals surface area contributed by atoms with E-state index >= 15 is 0 Å². The van der Waals surface area contributed by atoms with Crippen LogP contribution >= 0.6 is 11.6 Å². The number of hydrogen-bond donors (Lipinski definition) is 0. The third kappa shape index (κ3) is 1.75. The Hall–Kier alpha value is -1.02. The number of carbonyl (C=O) groups excluding carboxylic acids is 1. The Balaban J connectivity index is 1.94. The minimum absolute atomic E-state index is 0.0402. The average Bonchev–Trinajstić information content (AvgIpc) is 2.71. The summed E-state index contributed by atoms with van der Waals surface area (Å²) in [6, 6.07) is 4.09. The predicted octanol–water partition coefficient (Wildman–Crippen LogP) is 5.00. The number of amides is 1. The molecule has 3 heteroatoms. The van der Waals surface area contributed by atoms with Crippen LogP contribution in [0.4, 0.5) is 5.69 Å². The molecule has 1 amide bonds. The normalized spacial score (nSPS) is 29.9. The predicted molar refractivity (Wildman–Crippen MR) is 86.2 cm³/mol. The van der Waals surface area contributed by atoms with Gasteiger partial charge in [-0.2, -0.15) is 0 Å². The standard InChI is InChI=1S/C18H22ClNO/c1-11-10-18(6-4-3-5-7-18)20-16-14(11)8-13(19)9-15(16)12(2)17(20)21/h8-9,11-12H,3-7,10H2,1-2H3. The summed E-state index contributed by atoms with van der Waals surface area (Å²) in [6.45, 7) is 4.33. The Morgan fingerprint density at radius 1 is 1.14 bits per heavy atom. The monoisotopic (exact) mass is 303 g/mol. The average molecular weight is 304 g/mol. The van der Waals surface area contributed by atoms with E-state index in [4.69, 9.17) is 11.6 Å². The Morgan fingerprint density at radius 3 is 2.52 bits per heavy atom. The first-order chi connectivity index (χ1) is 10.0. The van der Waals surface area contributed by atoms with Crippen LogP contribution in [0.1, 0.15) is 75.3 Å². The van der Waals surface area contributed by atoms with Gasteiger partial charge in [0.05, 0.1) is 11.6 Å². The molecule has 1 saturated carbocycles. The molecule has 0 saturated heterocycles. The van der Waals surface area contributed by atoms with Gasteiger partial charge in [-0.05, 0) is 55.4 Å². The summed E-state index contributed by atoms with van der Waals surface area (Å²) in [5, 5.41) is 0.775. The second-order valence-corrected chi connectivity index (χ2v) is 7.65. The molecule has 0 bridgehead atoms. The number of fused-ring (bicyclic) bond motifs is 1. The summed E-state index contributed by atoms with van der Waals surface area (Å²) in [4.78, 5) is 15.1. The quantitative estimate of drug-likeness (QED) is 0.660. The maximum Gasteiger partial charge on any atom is 0.234 e. The molecule has 1 aromatic rings. The Kier molecular flexibility index (Phi) is 2.91. The number of carbonyl (C=O) groups is 1. The number of rotatable bonds is 0. The van der Waals surface area contributed by atoms with E-state index in [0.717, 1.165) is 29.8 Å². The van der Waals surface area contributed by atoms with Gasteiger partial charge in [-0.3, -0.25) is 4.79 Å². The van der Waals surface area contributed by atoms with Crippen LogP contribution in [-0.4, -0.2) is 11.4 Å². The Labute approximate surface area is 131 Å². The van der Waals surface area contributed by atoms with Gasteiger partial charge in [0.2, 0.25) is 5.91 Å². The highest BCUT2D eigenvalue weighted by atomic mass is 35.5. The number of hydrogen-bond acceptors (Lipinski definition) is 1. The van der Waals surface area contributed by atoms with Crippen molar-refractivity contribution in [2.24, 2.45) is 0 Å². The lowest BCUT2D eigenvalue weighted by Gasteiger charge is -2.50. The van der Waals surface area contributed by atoms with Gasteiger partial charge in [-0.15, -0.1) is 0 Å². The third-order valence-electron chi connectivity index (χ3n) is 5.89. The van der Waals surface area contributed by atoms with Crippen molar-refractivity contribution in [3.05, 3.63) is 28.3 Å². The van der Waals surface area contributed by atoms with Crippen LogP contribution in [0.2, 0.25) is 5.02 Å². The van der Waals surface area contributed by atoms with Crippen molar-refractivity contribution in [2.45, 2.75) is 69.7 Å². The fourth-order valence-electron chi connectivity index (χ4n) is 4.92. The van der Waals surface area contributed by atoms with Crippen LogP contribution in [-0.2, 0) is 4.79 Å². The lowest BCUT2D eigenvalue weighted by Crippen LogP contribution is -2.55. The molecule has 2 atom stereocenters. The van der Waals surface area contributed by atoms with E-state index in [2.05, 4.69) is 17.9 Å². The molecule has 2 unspecified atom stereocenters. The van der Waals surface area contributed by atoms with Crippen molar-refractivity contribution in [1.29, 1.82) is 0 Å². The SMILES string of the molecule is CC1CC2(CCCCC2)N2C(=O)C(C)c3cc(Cl)cc1c32. The van der Waals surface area contributed by atoms with Crippen LogP contribution in [0.25, 0.3) is 0 Å². The highest BCUT2D eigenvalue weighted by Gasteiger charge is 2.52. The van der Waals surface area contributed by atoms with Crippen LogP contribution in [0, 0.1) is 0 Å². The summed E-state index contributed by atoms with van der Waals surface area (Å²) in [6.07, 6.45) is 7.24. The van der Waals surface area contributed by atoms with Crippen molar-refractivity contribution in [3.8, 4) is 0 Å². The van der Waals surface area contributed by atoms with E-state index in [1.807, 2.05) is 13.0 Å². The first-order valence-corrected chi connectivity index (χ1v) is 8.59. The van der Waals surface area contributed by atoms with E-state index < -0.39 is 0 Å². The van der Waals surface area contributed by atoms with E-state index in [1.54, 1.807) is 0 Å². The largest absolute Gasteiger partial charge is 0.305 e. The molecule has 3 aliphatic rings.